The molecule has 1 aromatic rings. The zero-order valence-electron chi connectivity index (χ0n) is 11.0. The Morgan fingerprint density at radius 2 is 2.32 bits per heavy atom. The van der Waals surface area contributed by atoms with Gasteiger partial charge in [-0.1, -0.05) is 35.9 Å². The Hall–Kier alpha value is -1.32. The summed E-state index contributed by atoms with van der Waals surface area (Å²) >= 11 is 6.14. The van der Waals surface area contributed by atoms with Crippen molar-refractivity contribution in [1.82, 2.24) is 4.90 Å². The highest BCUT2D eigenvalue weighted by Gasteiger charge is 2.23. The van der Waals surface area contributed by atoms with Crippen molar-refractivity contribution in [3.05, 3.63) is 47.0 Å². The minimum atomic E-state index is 0.0165. The summed E-state index contributed by atoms with van der Waals surface area (Å²) in [5, 5.41) is 0.753. The zero-order valence-corrected chi connectivity index (χ0v) is 11.8. The molecule has 1 saturated heterocycles. The summed E-state index contributed by atoms with van der Waals surface area (Å²) in [6.07, 6.45) is 4.11. The highest BCUT2D eigenvalue weighted by atomic mass is 35.5. The molecule has 0 saturated carbocycles. The van der Waals surface area contributed by atoms with Gasteiger partial charge in [0.25, 0.3) is 0 Å². The topological polar surface area (TPSA) is 29.5 Å². The number of ether oxygens (including phenoxy) is 1. The highest BCUT2D eigenvalue weighted by Crippen LogP contribution is 2.19. The van der Waals surface area contributed by atoms with Crippen LogP contribution in [0.1, 0.15) is 12.5 Å². The van der Waals surface area contributed by atoms with Crippen LogP contribution < -0.4 is 0 Å². The van der Waals surface area contributed by atoms with Crippen LogP contribution in [0, 0.1) is 0 Å². The Kier molecular flexibility index (Phi) is 5.00. The van der Waals surface area contributed by atoms with Crippen LogP contribution in [0.4, 0.5) is 0 Å². The minimum absolute atomic E-state index is 0.0165. The van der Waals surface area contributed by atoms with Crippen molar-refractivity contribution in [2.24, 2.45) is 0 Å². The lowest BCUT2D eigenvalue weighted by Crippen LogP contribution is -2.45. The Labute approximate surface area is 118 Å². The van der Waals surface area contributed by atoms with Crippen LogP contribution in [-0.2, 0) is 16.0 Å². The van der Waals surface area contributed by atoms with E-state index in [1.807, 2.05) is 36.1 Å². The molecule has 1 aromatic carbocycles. The third-order valence-electron chi connectivity index (χ3n) is 3.17. The fourth-order valence-electron chi connectivity index (χ4n) is 2.20. The van der Waals surface area contributed by atoms with Crippen molar-refractivity contribution in [2.45, 2.75) is 19.4 Å². The number of hydrogen-bond donors (Lipinski definition) is 0. The summed E-state index contributed by atoms with van der Waals surface area (Å²) in [5.41, 5.74) is 1.06. The van der Waals surface area contributed by atoms with Gasteiger partial charge in [-0.3, -0.25) is 4.79 Å². The lowest BCUT2D eigenvalue weighted by molar-refractivity contribution is -0.133. The molecule has 2 rings (SSSR count). The number of allylic oxidation sites excluding steroid dienone is 1. The van der Waals surface area contributed by atoms with E-state index in [1.165, 1.54) is 0 Å². The Morgan fingerprint density at radius 1 is 1.53 bits per heavy atom. The van der Waals surface area contributed by atoms with Crippen LogP contribution in [0.3, 0.4) is 0 Å². The van der Waals surface area contributed by atoms with E-state index in [9.17, 15) is 4.79 Å². The van der Waals surface area contributed by atoms with Crippen LogP contribution in [0.15, 0.2) is 36.4 Å². The summed E-state index contributed by atoms with van der Waals surface area (Å²) < 4.78 is 5.72. The van der Waals surface area contributed by atoms with Gasteiger partial charge in [0.15, 0.2) is 0 Å². The van der Waals surface area contributed by atoms with E-state index in [2.05, 4.69) is 0 Å². The van der Waals surface area contributed by atoms with Gasteiger partial charge in [-0.25, -0.2) is 0 Å². The van der Waals surface area contributed by atoms with Crippen LogP contribution >= 0.6 is 11.6 Å². The van der Waals surface area contributed by atoms with Gasteiger partial charge >= 0.3 is 0 Å². The number of benzene rings is 1. The lowest BCUT2D eigenvalue weighted by atomic mass is 10.1. The predicted octanol–water partition coefficient (Wildman–Crippen LogP) is 2.69. The summed E-state index contributed by atoms with van der Waals surface area (Å²) in [6, 6.07) is 7.75. The highest BCUT2D eigenvalue weighted by molar-refractivity contribution is 6.31. The van der Waals surface area contributed by atoms with E-state index >= 15 is 0 Å². The first-order valence-corrected chi connectivity index (χ1v) is 6.85. The quantitative estimate of drug-likeness (QED) is 0.796. The largest absolute Gasteiger partial charge is 0.374 e. The summed E-state index contributed by atoms with van der Waals surface area (Å²) in [5.74, 6) is 0.0509. The monoisotopic (exact) mass is 279 g/mol. The number of morpholine rings is 1. The van der Waals surface area contributed by atoms with Crippen molar-refractivity contribution in [3.8, 4) is 0 Å². The molecule has 4 heteroatoms. The van der Waals surface area contributed by atoms with Crippen molar-refractivity contribution < 1.29 is 9.53 Å². The summed E-state index contributed by atoms with van der Waals surface area (Å²) in [4.78, 5) is 13.6. The van der Waals surface area contributed by atoms with Crippen LogP contribution in [0.2, 0.25) is 5.02 Å². The number of amides is 1. The molecule has 1 aliphatic rings. The van der Waals surface area contributed by atoms with Crippen molar-refractivity contribution in [3.63, 3.8) is 0 Å². The molecule has 0 unspecified atom stereocenters. The van der Waals surface area contributed by atoms with Gasteiger partial charge in [-0.2, -0.15) is 0 Å². The molecule has 0 aromatic heterocycles. The molecule has 0 N–H and O–H groups in total. The fraction of sp³-hybridized carbons (Fsp3) is 0.400. The van der Waals surface area contributed by atoms with E-state index in [0.717, 1.165) is 17.0 Å². The third kappa shape index (κ3) is 3.82. The minimum Gasteiger partial charge on any atom is -0.374 e. The van der Waals surface area contributed by atoms with Gasteiger partial charge in [0, 0.05) is 24.5 Å². The van der Waals surface area contributed by atoms with Gasteiger partial charge in [0.2, 0.25) is 5.91 Å². The zero-order chi connectivity index (χ0) is 13.7. The third-order valence-corrected chi connectivity index (χ3v) is 3.53. The number of halogens is 1. The molecule has 0 spiro atoms. The van der Waals surface area contributed by atoms with E-state index in [-0.39, 0.29) is 12.0 Å². The average molecular weight is 280 g/mol. The second-order valence-electron chi connectivity index (χ2n) is 4.57. The first-order valence-electron chi connectivity index (χ1n) is 6.47. The van der Waals surface area contributed by atoms with Crippen LogP contribution in [0.25, 0.3) is 0 Å². The maximum atomic E-state index is 11.8. The molecule has 1 heterocycles. The fourth-order valence-corrected chi connectivity index (χ4v) is 2.41. The Morgan fingerprint density at radius 3 is 3.05 bits per heavy atom. The first-order chi connectivity index (χ1) is 9.20. The van der Waals surface area contributed by atoms with E-state index < -0.39 is 0 Å². The smallest absolute Gasteiger partial charge is 0.246 e. The number of carbonyl (C=O) groups excluding carboxylic acids is 1. The number of hydrogen-bond acceptors (Lipinski definition) is 2. The Balaban J connectivity index is 1.98. The molecule has 102 valence electrons. The van der Waals surface area contributed by atoms with Gasteiger partial charge < -0.3 is 9.64 Å². The van der Waals surface area contributed by atoms with Gasteiger partial charge in [-0.15, -0.1) is 0 Å². The molecular weight excluding hydrogens is 262 g/mol. The van der Waals surface area contributed by atoms with E-state index in [0.29, 0.717) is 19.7 Å². The molecule has 1 amide bonds. The second kappa shape index (κ2) is 6.73. The molecule has 0 aliphatic carbocycles. The lowest BCUT2D eigenvalue weighted by Gasteiger charge is -2.32. The Bertz CT molecular complexity index is 473. The normalized spacial score (nSPS) is 19.9. The molecule has 1 fully saturated rings. The number of rotatable bonds is 3. The maximum Gasteiger partial charge on any atom is 0.246 e. The number of carbonyl (C=O) groups is 1. The molecule has 1 aliphatic heterocycles. The van der Waals surface area contributed by atoms with Gasteiger partial charge in [0.1, 0.15) is 0 Å². The molecule has 1 atom stereocenters. The van der Waals surface area contributed by atoms with Gasteiger partial charge in [0.05, 0.1) is 12.7 Å². The van der Waals surface area contributed by atoms with Crippen molar-refractivity contribution in [1.29, 1.82) is 0 Å². The standard InChI is InChI=1S/C15H18ClNO2/c1-2-5-15(18)17-8-9-19-13(11-17)10-12-6-3-4-7-14(12)16/h2-7,13H,8-11H2,1H3/b5-2+/t13-/m1/s1. The second-order valence-corrected chi connectivity index (χ2v) is 4.98. The average Bonchev–Trinajstić information content (AvgIpc) is 2.42. The van der Waals surface area contributed by atoms with E-state index in [4.69, 9.17) is 16.3 Å². The summed E-state index contributed by atoms with van der Waals surface area (Å²) in [6.45, 7) is 3.70. The summed E-state index contributed by atoms with van der Waals surface area (Å²) in [7, 11) is 0. The molecule has 19 heavy (non-hydrogen) atoms. The van der Waals surface area contributed by atoms with Crippen molar-refractivity contribution in [2.75, 3.05) is 19.7 Å². The molecule has 0 radical (unpaired) electrons. The number of nitrogens with zero attached hydrogens (tertiary/aromatic N) is 1. The molecule has 3 nitrogen and oxygen atoms in total. The van der Waals surface area contributed by atoms with Gasteiger partial charge in [-0.05, 0) is 24.6 Å². The maximum absolute atomic E-state index is 11.8. The SMILES string of the molecule is C/C=C/C(=O)N1CCO[C@H](Cc2ccccc2Cl)C1. The van der Waals surface area contributed by atoms with E-state index in [1.54, 1.807) is 12.2 Å². The molecule has 0 bridgehead atoms. The van der Waals surface area contributed by atoms with Crippen molar-refractivity contribution >= 4 is 17.5 Å². The molecular formula is C15H18ClNO2. The first kappa shape index (κ1) is 14.1. The van der Waals surface area contributed by atoms with Crippen LogP contribution in [0.5, 0.6) is 0 Å². The van der Waals surface area contributed by atoms with Crippen LogP contribution in [-0.4, -0.2) is 36.6 Å². The predicted molar refractivity (Wildman–Crippen MR) is 76.3 cm³/mol.